The number of nitrogens with one attached hydrogen (secondary N) is 1. The van der Waals surface area contributed by atoms with Gasteiger partial charge in [0.25, 0.3) is 0 Å². The normalized spacial score (nSPS) is 19.7. The molecule has 2 aromatic carbocycles. The fourth-order valence-electron chi connectivity index (χ4n) is 3.97. The van der Waals surface area contributed by atoms with Crippen LogP contribution in [0.5, 0.6) is 5.75 Å². The van der Waals surface area contributed by atoms with E-state index in [1.165, 1.54) is 11.1 Å². The second-order valence-corrected chi connectivity index (χ2v) is 7.33. The number of nitrogens with zero attached hydrogens (tertiary/aromatic N) is 2. The molecular formula is C23H27N3O2. The number of urea groups is 1. The number of carbonyl (C=O) groups excluding carboxylic acids is 1. The van der Waals surface area contributed by atoms with Crippen molar-refractivity contribution in [2.24, 2.45) is 0 Å². The fourth-order valence-corrected chi connectivity index (χ4v) is 3.97. The van der Waals surface area contributed by atoms with Crippen molar-refractivity contribution in [2.75, 3.05) is 26.7 Å². The zero-order valence-corrected chi connectivity index (χ0v) is 16.3. The lowest BCUT2D eigenvalue weighted by molar-refractivity contribution is 0.172. The second kappa shape index (κ2) is 8.48. The van der Waals surface area contributed by atoms with Crippen LogP contribution in [0.1, 0.15) is 17.5 Å². The van der Waals surface area contributed by atoms with Crippen molar-refractivity contribution in [3.8, 4) is 5.75 Å². The molecule has 0 aromatic heterocycles. The van der Waals surface area contributed by atoms with Gasteiger partial charge in [0.05, 0.1) is 7.11 Å². The summed E-state index contributed by atoms with van der Waals surface area (Å²) in [6.07, 6.45) is 4.17. The van der Waals surface area contributed by atoms with Gasteiger partial charge in [0, 0.05) is 26.2 Å². The average Bonchev–Trinajstić information content (AvgIpc) is 3.10. The van der Waals surface area contributed by atoms with Crippen LogP contribution in [-0.2, 0) is 13.0 Å². The molecule has 5 heteroatoms. The highest BCUT2D eigenvalue weighted by Crippen LogP contribution is 2.24. The van der Waals surface area contributed by atoms with Crippen LogP contribution >= 0.6 is 0 Å². The highest BCUT2D eigenvalue weighted by Gasteiger charge is 2.35. The van der Waals surface area contributed by atoms with E-state index in [9.17, 15) is 4.79 Å². The first-order chi connectivity index (χ1) is 13.7. The maximum Gasteiger partial charge on any atom is 0.321 e. The monoisotopic (exact) mass is 377 g/mol. The third kappa shape index (κ3) is 4.04. The quantitative estimate of drug-likeness (QED) is 0.785. The zero-order chi connectivity index (χ0) is 19.3. The molecule has 1 unspecified atom stereocenters. The molecule has 1 saturated heterocycles. The number of carbonyl (C=O) groups is 1. The molecule has 0 aliphatic carbocycles. The molecule has 0 spiro atoms. The number of rotatable bonds is 6. The molecule has 146 valence electrons. The summed E-state index contributed by atoms with van der Waals surface area (Å²) in [5, 5.41) is 3.55. The van der Waals surface area contributed by atoms with Crippen LogP contribution in [0.4, 0.5) is 4.79 Å². The molecule has 2 heterocycles. The van der Waals surface area contributed by atoms with Crippen molar-refractivity contribution in [3.05, 3.63) is 77.4 Å². The number of ether oxygens (including phenoxy) is 1. The minimum atomic E-state index is -0.0117. The Balaban J connectivity index is 1.44. The van der Waals surface area contributed by atoms with E-state index in [-0.39, 0.29) is 12.2 Å². The smallest absolute Gasteiger partial charge is 0.321 e. The summed E-state index contributed by atoms with van der Waals surface area (Å²) >= 11 is 0. The van der Waals surface area contributed by atoms with Crippen LogP contribution < -0.4 is 10.1 Å². The van der Waals surface area contributed by atoms with Gasteiger partial charge in [-0.2, -0.15) is 0 Å². The second-order valence-electron chi connectivity index (χ2n) is 7.33. The van der Waals surface area contributed by atoms with Crippen LogP contribution in [0.15, 0.2) is 66.2 Å². The van der Waals surface area contributed by atoms with E-state index in [1.807, 2.05) is 40.1 Å². The third-order valence-electron chi connectivity index (χ3n) is 5.46. The van der Waals surface area contributed by atoms with E-state index >= 15 is 0 Å². The molecule has 4 rings (SSSR count). The van der Waals surface area contributed by atoms with Gasteiger partial charge in [-0.15, -0.1) is 0 Å². The van der Waals surface area contributed by atoms with Crippen molar-refractivity contribution in [1.82, 2.24) is 15.1 Å². The molecule has 0 bridgehead atoms. The van der Waals surface area contributed by atoms with Crippen molar-refractivity contribution in [1.29, 1.82) is 0 Å². The standard InChI is InChI=1S/C23H27N3O2/c1-28-21-11-9-19(10-12-21)17-25-14-15-26(23(25)27)22-20(8-5-13-24-22)16-18-6-3-2-4-7-18/h2-4,6-12,22,24H,5,13-17H2,1H3. The number of hydrogen-bond acceptors (Lipinski definition) is 3. The number of hydrogen-bond donors (Lipinski definition) is 1. The van der Waals surface area contributed by atoms with Gasteiger partial charge in [-0.05, 0) is 41.7 Å². The van der Waals surface area contributed by atoms with Gasteiger partial charge in [-0.3, -0.25) is 5.32 Å². The Bertz CT molecular complexity index is 833. The van der Waals surface area contributed by atoms with Gasteiger partial charge in [0.15, 0.2) is 0 Å². The van der Waals surface area contributed by atoms with E-state index in [0.29, 0.717) is 6.54 Å². The Morgan fingerprint density at radius 1 is 1.04 bits per heavy atom. The molecule has 1 N–H and O–H groups in total. The van der Waals surface area contributed by atoms with Gasteiger partial charge in [0.1, 0.15) is 11.9 Å². The van der Waals surface area contributed by atoms with Gasteiger partial charge < -0.3 is 14.5 Å². The molecule has 2 aliphatic heterocycles. The van der Waals surface area contributed by atoms with Crippen LogP contribution in [-0.4, -0.2) is 48.7 Å². The minimum absolute atomic E-state index is 0.0117. The summed E-state index contributed by atoms with van der Waals surface area (Å²) in [6, 6.07) is 18.5. The first-order valence-electron chi connectivity index (χ1n) is 9.89. The van der Waals surface area contributed by atoms with Crippen LogP contribution in [0.2, 0.25) is 0 Å². The average molecular weight is 377 g/mol. The van der Waals surface area contributed by atoms with E-state index < -0.39 is 0 Å². The molecule has 2 aromatic rings. The molecule has 2 amide bonds. The number of amides is 2. The summed E-state index contributed by atoms with van der Waals surface area (Å²) < 4.78 is 5.21. The lowest BCUT2D eigenvalue weighted by Gasteiger charge is -2.33. The summed E-state index contributed by atoms with van der Waals surface area (Å²) in [5.41, 5.74) is 3.69. The van der Waals surface area contributed by atoms with Gasteiger partial charge >= 0.3 is 6.03 Å². The first-order valence-corrected chi connectivity index (χ1v) is 9.89. The lowest BCUT2D eigenvalue weighted by atomic mass is 9.98. The Hall–Kier alpha value is -2.79. The van der Waals surface area contributed by atoms with Crippen molar-refractivity contribution in [2.45, 2.75) is 25.6 Å². The highest BCUT2D eigenvalue weighted by molar-refractivity contribution is 5.77. The Morgan fingerprint density at radius 3 is 2.57 bits per heavy atom. The van der Waals surface area contributed by atoms with E-state index in [0.717, 1.165) is 43.8 Å². The van der Waals surface area contributed by atoms with E-state index in [1.54, 1.807) is 7.11 Å². The largest absolute Gasteiger partial charge is 0.497 e. The Morgan fingerprint density at radius 2 is 1.82 bits per heavy atom. The third-order valence-corrected chi connectivity index (χ3v) is 5.46. The van der Waals surface area contributed by atoms with Crippen molar-refractivity contribution in [3.63, 3.8) is 0 Å². The number of benzene rings is 2. The summed E-state index contributed by atoms with van der Waals surface area (Å²) in [4.78, 5) is 17.0. The van der Waals surface area contributed by atoms with Crippen molar-refractivity contribution >= 4 is 6.03 Å². The SMILES string of the molecule is COc1ccc(CN2CCN(C3NCCC=C3Cc3ccccc3)C2=O)cc1. The molecule has 1 atom stereocenters. The predicted octanol–water partition coefficient (Wildman–Crippen LogP) is 3.42. The molecular weight excluding hydrogens is 350 g/mol. The van der Waals surface area contributed by atoms with E-state index in [2.05, 4.69) is 35.7 Å². The van der Waals surface area contributed by atoms with E-state index in [4.69, 9.17) is 4.74 Å². The molecule has 28 heavy (non-hydrogen) atoms. The summed E-state index contributed by atoms with van der Waals surface area (Å²) in [7, 11) is 1.66. The molecule has 2 aliphatic rings. The first kappa shape index (κ1) is 18.6. The lowest BCUT2D eigenvalue weighted by Crippen LogP contribution is -2.50. The highest BCUT2D eigenvalue weighted by atomic mass is 16.5. The van der Waals surface area contributed by atoms with Crippen LogP contribution in [0.25, 0.3) is 0 Å². The van der Waals surface area contributed by atoms with Gasteiger partial charge in [-0.25, -0.2) is 4.79 Å². The van der Waals surface area contributed by atoms with Gasteiger partial charge in [-0.1, -0.05) is 48.5 Å². The maximum absolute atomic E-state index is 13.1. The molecule has 0 radical (unpaired) electrons. The van der Waals surface area contributed by atoms with Crippen LogP contribution in [0, 0.1) is 0 Å². The van der Waals surface area contributed by atoms with Crippen molar-refractivity contribution < 1.29 is 9.53 Å². The Labute approximate surface area is 166 Å². The molecule has 0 saturated carbocycles. The maximum atomic E-state index is 13.1. The molecule has 5 nitrogen and oxygen atoms in total. The van der Waals surface area contributed by atoms with Gasteiger partial charge in [0.2, 0.25) is 0 Å². The minimum Gasteiger partial charge on any atom is -0.497 e. The Kier molecular flexibility index (Phi) is 5.63. The zero-order valence-electron chi connectivity index (χ0n) is 16.3. The van der Waals surface area contributed by atoms with Crippen LogP contribution in [0.3, 0.4) is 0 Å². The predicted molar refractivity (Wildman–Crippen MR) is 110 cm³/mol. The number of methoxy groups -OCH3 is 1. The summed E-state index contributed by atoms with van der Waals surface area (Å²) in [5.74, 6) is 0.834. The fraction of sp³-hybridized carbons (Fsp3) is 0.348. The molecule has 1 fully saturated rings. The summed E-state index contributed by atoms with van der Waals surface area (Å²) in [6.45, 7) is 3.04. The topological polar surface area (TPSA) is 44.8 Å².